The van der Waals surface area contributed by atoms with Crippen LogP contribution >= 0.6 is 0 Å². The van der Waals surface area contributed by atoms with Crippen molar-refractivity contribution in [2.24, 2.45) is 23.2 Å². The molecule has 12 heavy (non-hydrogen) atoms. The summed E-state index contributed by atoms with van der Waals surface area (Å²) in [6.07, 6.45) is 4.35. The molecule has 0 heterocycles. The maximum Gasteiger partial charge on any atom is -0.0339 e. The van der Waals surface area contributed by atoms with Gasteiger partial charge >= 0.3 is 0 Å². The molecule has 0 aromatic heterocycles. The molecule has 0 radical (unpaired) electrons. The van der Waals surface area contributed by atoms with Crippen LogP contribution in [-0.4, -0.2) is 0 Å². The highest BCUT2D eigenvalue weighted by Crippen LogP contribution is 2.43. The van der Waals surface area contributed by atoms with Crippen LogP contribution in [0.2, 0.25) is 0 Å². The van der Waals surface area contributed by atoms with Crippen LogP contribution in [0.5, 0.6) is 0 Å². The summed E-state index contributed by atoms with van der Waals surface area (Å²) in [4.78, 5) is 0. The standard InChI is InChI=1S/C12H24/c1-9-6-7-11(10(2)8-9)12(3,4)5/h9-11H,6-8H2,1-5H3/t9-,10-,11-/m0/s1. The number of hydrogen-bond acceptors (Lipinski definition) is 0. The Hall–Kier alpha value is 0. The quantitative estimate of drug-likeness (QED) is 0.511. The average Bonchev–Trinajstić information content (AvgIpc) is 1.83. The Balaban J connectivity index is 2.57. The number of hydrogen-bond donors (Lipinski definition) is 0. The molecule has 72 valence electrons. The minimum Gasteiger partial charge on any atom is -0.0625 e. The van der Waals surface area contributed by atoms with E-state index in [4.69, 9.17) is 0 Å². The van der Waals surface area contributed by atoms with Gasteiger partial charge in [0.05, 0.1) is 0 Å². The molecule has 0 aromatic rings. The second-order valence-electron chi connectivity index (χ2n) is 5.87. The lowest BCUT2D eigenvalue weighted by atomic mass is 9.65. The summed E-state index contributed by atoms with van der Waals surface area (Å²) in [6, 6.07) is 0. The van der Waals surface area contributed by atoms with Crippen LogP contribution in [0.3, 0.4) is 0 Å². The fraction of sp³-hybridized carbons (Fsp3) is 1.00. The molecule has 0 amide bonds. The second-order valence-corrected chi connectivity index (χ2v) is 5.87. The van der Waals surface area contributed by atoms with Gasteiger partial charge in [0.15, 0.2) is 0 Å². The lowest BCUT2D eigenvalue weighted by molar-refractivity contribution is 0.0952. The highest BCUT2D eigenvalue weighted by Gasteiger charge is 2.33. The highest BCUT2D eigenvalue weighted by atomic mass is 14.4. The molecule has 1 saturated carbocycles. The van der Waals surface area contributed by atoms with E-state index in [1.54, 1.807) is 0 Å². The second kappa shape index (κ2) is 3.40. The van der Waals surface area contributed by atoms with Crippen molar-refractivity contribution in [1.82, 2.24) is 0 Å². The SMILES string of the molecule is C[C@H]1CC[C@H](C(C)(C)C)[C@@H](C)C1. The molecule has 3 atom stereocenters. The van der Waals surface area contributed by atoms with Gasteiger partial charge in [0, 0.05) is 0 Å². The molecule has 0 unspecified atom stereocenters. The van der Waals surface area contributed by atoms with Gasteiger partial charge < -0.3 is 0 Å². The first-order valence-electron chi connectivity index (χ1n) is 5.41. The van der Waals surface area contributed by atoms with E-state index in [1.165, 1.54) is 19.3 Å². The van der Waals surface area contributed by atoms with E-state index in [2.05, 4.69) is 34.6 Å². The van der Waals surface area contributed by atoms with Gasteiger partial charge in [-0.05, 0) is 36.0 Å². The van der Waals surface area contributed by atoms with Crippen LogP contribution < -0.4 is 0 Å². The average molecular weight is 168 g/mol. The highest BCUT2D eigenvalue weighted by molar-refractivity contribution is 4.83. The minimum absolute atomic E-state index is 0.527. The van der Waals surface area contributed by atoms with Crippen LogP contribution in [-0.2, 0) is 0 Å². The molecule has 1 aliphatic rings. The molecular formula is C12H24. The van der Waals surface area contributed by atoms with E-state index >= 15 is 0 Å². The zero-order valence-corrected chi connectivity index (χ0v) is 9.35. The zero-order chi connectivity index (χ0) is 9.35. The van der Waals surface area contributed by atoms with Crippen LogP contribution in [0.4, 0.5) is 0 Å². The third-order valence-electron chi connectivity index (χ3n) is 3.54. The molecule has 1 fully saturated rings. The summed E-state index contributed by atoms with van der Waals surface area (Å²) >= 11 is 0. The summed E-state index contributed by atoms with van der Waals surface area (Å²) < 4.78 is 0. The first-order chi connectivity index (χ1) is 5.41. The Morgan fingerprint density at radius 2 is 1.58 bits per heavy atom. The van der Waals surface area contributed by atoms with Crippen molar-refractivity contribution in [3.8, 4) is 0 Å². The molecule has 0 aliphatic heterocycles. The van der Waals surface area contributed by atoms with Crippen LogP contribution in [0.25, 0.3) is 0 Å². The van der Waals surface area contributed by atoms with E-state index in [0.717, 1.165) is 17.8 Å². The summed E-state index contributed by atoms with van der Waals surface area (Å²) in [5, 5.41) is 0. The van der Waals surface area contributed by atoms with E-state index in [0.29, 0.717) is 5.41 Å². The molecular weight excluding hydrogens is 144 g/mol. The van der Waals surface area contributed by atoms with Crippen molar-refractivity contribution in [3.05, 3.63) is 0 Å². The first-order valence-corrected chi connectivity index (χ1v) is 5.41. The van der Waals surface area contributed by atoms with Gasteiger partial charge in [0.1, 0.15) is 0 Å². The van der Waals surface area contributed by atoms with Crippen molar-refractivity contribution in [1.29, 1.82) is 0 Å². The molecule has 0 aromatic carbocycles. The Morgan fingerprint density at radius 1 is 1.00 bits per heavy atom. The predicted octanol–water partition coefficient (Wildman–Crippen LogP) is 4.10. The van der Waals surface area contributed by atoms with Crippen molar-refractivity contribution >= 4 is 0 Å². The number of rotatable bonds is 0. The van der Waals surface area contributed by atoms with Crippen LogP contribution in [0.15, 0.2) is 0 Å². The smallest absolute Gasteiger partial charge is 0.0339 e. The largest absolute Gasteiger partial charge is 0.0625 e. The van der Waals surface area contributed by atoms with Crippen molar-refractivity contribution in [3.63, 3.8) is 0 Å². The van der Waals surface area contributed by atoms with Crippen LogP contribution in [0, 0.1) is 23.2 Å². The molecule has 0 heteroatoms. The molecule has 1 rings (SSSR count). The van der Waals surface area contributed by atoms with E-state index in [1.807, 2.05) is 0 Å². The van der Waals surface area contributed by atoms with Crippen molar-refractivity contribution in [2.75, 3.05) is 0 Å². The fourth-order valence-corrected chi connectivity index (χ4v) is 2.95. The molecule has 0 N–H and O–H groups in total. The minimum atomic E-state index is 0.527. The van der Waals surface area contributed by atoms with E-state index in [-0.39, 0.29) is 0 Å². The van der Waals surface area contributed by atoms with Gasteiger partial charge in [-0.3, -0.25) is 0 Å². The maximum absolute atomic E-state index is 2.44. The molecule has 1 aliphatic carbocycles. The molecule has 0 nitrogen and oxygen atoms in total. The first kappa shape index (κ1) is 10.1. The normalized spacial score (nSPS) is 38.2. The fourth-order valence-electron chi connectivity index (χ4n) is 2.95. The lowest BCUT2D eigenvalue weighted by Gasteiger charge is -2.41. The lowest BCUT2D eigenvalue weighted by Crippen LogP contribution is -2.31. The van der Waals surface area contributed by atoms with Gasteiger partial charge in [0.25, 0.3) is 0 Å². The van der Waals surface area contributed by atoms with Crippen molar-refractivity contribution < 1.29 is 0 Å². The third kappa shape index (κ3) is 2.24. The maximum atomic E-state index is 2.44. The summed E-state index contributed by atoms with van der Waals surface area (Å²) in [7, 11) is 0. The Labute approximate surface area is 77.7 Å². The topological polar surface area (TPSA) is 0 Å². The van der Waals surface area contributed by atoms with Gasteiger partial charge in [0.2, 0.25) is 0 Å². The Morgan fingerprint density at radius 3 is 2.00 bits per heavy atom. The van der Waals surface area contributed by atoms with Crippen LogP contribution in [0.1, 0.15) is 53.9 Å². The summed E-state index contributed by atoms with van der Waals surface area (Å²) in [5.41, 5.74) is 0.527. The summed E-state index contributed by atoms with van der Waals surface area (Å²) in [5.74, 6) is 2.86. The van der Waals surface area contributed by atoms with Gasteiger partial charge in [-0.2, -0.15) is 0 Å². The monoisotopic (exact) mass is 168 g/mol. The Bertz CT molecular complexity index is 141. The summed E-state index contributed by atoms with van der Waals surface area (Å²) in [6.45, 7) is 12.0. The third-order valence-corrected chi connectivity index (χ3v) is 3.54. The van der Waals surface area contributed by atoms with Crippen molar-refractivity contribution in [2.45, 2.75) is 53.9 Å². The predicted molar refractivity (Wildman–Crippen MR) is 55.1 cm³/mol. The molecule has 0 bridgehead atoms. The van der Waals surface area contributed by atoms with E-state index in [9.17, 15) is 0 Å². The molecule has 0 saturated heterocycles. The van der Waals surface area contributed by atoms with Gasteiger partial charge in [-0.15, -0.1) is 0 Å². The Kier molecular flexibility index (Phi) is 2.85. The van der Waals surface area contributed by atoms with Gasteiger partial charge in [-0.25, -0.2) is 0 Å². The molecule has 0 spiro atoms. The zero-order valence-electron chi connectivity index (χ0n) is 9.35. The van der Waals surface area contributed by atoms with Gasteiger partial charge in [-0.1, -0.05) is 41.0 Å². The van der Waals surface area contributed by atoms with E-state index < -0.39 is 0 Å².